The average molecular weight is 581 g/mol. The largest absolute Gasteiger partial charge is 0.451 e. The van der Waals surface area contributed by atoms with Crippen molar-refractivity contribution in [2.45, 2.75) is 0 Å². The number of carbonyl (C=O) groups is 1. The number of carbonyl (C=O) groups excluding carboxylic acids is 1. The fourth-order valence-corrected chi connectivity index (χ4v) is 4.81. The van der Waals surface area contributed by atoms with Crippen LogP contribution < -0.4 is 20.4 Å². The molecule has 1 aliphatic heterocycles. The van der Waals surface area contributed by atoms with Gasteiger partial charge in [-0.05, 0) is 42.5 Å². The van der Waals surface area contributed by atoms with Crippen molar-refractivity contribution in [2.75, 3.05) is 41.3 Å². The molecule has 1 aliphatic rings. The van der Waals surface area contributed by atoms with E-state index in [2.05, 4.69) is 10.6 Å². The van der Waals surface area contributed by atoms with E-state index < -0.39 is 40.7 Å². The number of piperazine rings is 1. The summed E-state index contributed by atoms with van der Waals surface area (Å²) in [5.74, 6) is -10.3. The Hall–Kier alpha value is -3.90. The summed E-state index contributed by atoms with van der Waals surface area (Å²) in [7, 11) is 0. The predicted octanol–water partition coefficient (Wildman–Crippen LogP) is 6.24. The normalized spacial score (nSPS) is 13.6. The number of furan rings is 1. The highest BCUT2D eigenvalue weighted by molar-refractivity contribution is 7.80. The van der Waals surface area contributed by atoms with Crippen molar-refractivity contribution >= 4 is 62.9 Å². The number of hydrogen-bond acceptors (Lipinski definition) is 5. The van der Waals surface area contributed by atoms with E-state index >= 15 is 0 Å². The van der Waals surface area contributed by atoms with Gasteiger partial charge in [-0.1, -0.05) is 29.8 Å². The molecule has 1 amide bonds. The first-order valence-corrected chi connectivity index (χ1v) is 12.3. The van der Waals surface area contributed by atoms with Gasteiger partial charge in [0.1, 0.15) is 11.3 Å². The number of benzene rings is 3. The van der Waals surface area contributed by atoms with Crippen LogP contribution in [0.2, 0.25) is 5.02 Å². The first kappa shape index (κ1) is 26.7. The summed E-state index contributed by atoms with van der Waals surface area (Å²) < 4.78 is 74.5. The lowest BCUT2D eigenvalue weighted by atomic mass is 10.2. The van der Waals surface area contributed by atoms with Gasteiger partial charge in [-0.3, -0.25) is 10.1 Å². The number of rotatable bonds is 4. The van der Waals surface area contributed by atoms with Crippen LogP contribution in [0.3, 0.4) is 0 Å². The second kappa shape index (κ2) is 10.7. The Bertz CT molecular complexity index is 1550. The number of fused-ring (bicyclic) bond motifs is 1. The lowest BCUT2D eigenvalue weighted by molar-refractivity contribution is 0.0953. The highest BCUT2D eigenvalue weighted by Gasteiger charge is 2.31. The Morgan fingerprint density at radius 2 is 1.46 bits per heavy atom. The number of nitrogens with one attached hydrogen (secondary N) is 2. The van der Waals surface area contributed by atoms with Gasteiger partial charge < -0.3 is 19.5 Å². The number of thiocarbonyl (C=S) groups is 1. The highest BCUT2D eigenvalue weighted by Crippen LogP contribution is 2.33. The van der Waals surface area contributed by atoms with E-state index in [0.29, 0.717) is 22.0 Å². The van der Waals surface area contributed by atoms with Crippen molar-refractivity contribution in [3.63, 3.8) is 0 Å². The van der Waals surface area contributed by atoms with Crippen LogP contribution in [-0.2, 0) is 0 Å². The van der Waals surface area contributed by atoms with Crippen LogP contribution in [0.4, 0.5) is 39.0 Å². The maximum Gasteiger partial charge on any atom is 0.293 e. The van der Waals surface area contributed by atoms with E-state index in [4.69, 9.17) is 28.2 Å². The van der Waals surface area contributed by atoms with E-state index in [1.807, 2.05) is 17.0 Å². The molecule has 4 aromatic rings. The Morgan fingerprint density at radius 3 is 2.10 bits per heavy atom. The summed E-state index contributed by atoms with van der Waals surface area (Å²) in [5.41, 5.74) is 0.696. The molecule has 1 fully saturated rings. The average Bonchev–Trinajstić information content (AvgIpc) is 3.36. The summed E-state index contributed by atoms with van der Waals surface area (Å²) in [5, 5.41) is 6.50. The molecule has 0 aliphatic carbocycles. The molecule has 0 saturated carbocycles. The van der Waals surface area contributed by atoms with Crippen molar-refractivity contribution in [2.24, 2.45) is 0 Å². The zero-order valence-corrected chi connectivity index (χ0v) is 21.4. The summed E-state index contributed by atoms with van der Waals surface area (Å²) in [4.78, 5) is 15.4. The zero-order chi connectivity index (χ0) is 27.8. The molecule has 1 saturated heterocycles. The Labute approximate surface area is 228 Å². The molecule has 0 radical (unpaired) electrons. The maximum absolute atomic E-state index is 14.2. The van der Waals surface area contributed by atoms with Crippen LogP contribution in [-0.4, -0.2) is 37.2 Å². The van der Waals surface area contributed by atoms with Crippen LogP contribution in [0.5, 0.6) is 0 Å². The van der Waals surface area contributed by atoms with E-state index in [1.54, 1.807) is 36.4 Å². The van der Waals surface area contributed by atoms with Crippen LogP contribution >= 0.6 is 23.8 Å². The maximum atomic E-state index is 14.2. The summed E-state index contributed by atoms with van der Waals surface area (Å²) >= 11 is 11.7. The summed E-state index contributed by atoms with van der Waals surface area (Å²) in [6, 6.07) is 13.7. The van der Waals surface area contributed by atoms with Gasteiger partial charge in [-0.15, -0.1) is 0 Å². The Kier molecular flexibility index (Phi) is 7.32. The van der Waals surface area contributed by atoms with Crippen LogP contribution in [0.1, 0.15) is 10.6 Å². The third kappa shape index (κ3) is 5.21. The third-order valence-corrected chi connectivity index (χ3v) is 6.71. The molecule has 202 valence electrons. The quantitative estimate of drug-likeness (QED) is 0.129. The van der Waals surface area contributed by atoms with Gasteiger partial charge >= 0.3 is 0 Å². The van der Waals surface area contributed by atoms with Crippen LogP contribution in [0.25, 0.3) is 11.0 Å². The SMILES string of the molecule is O=C(NC(=S)Nc1ccc(N2CCN(c3c(F)c(F)c(F)c(F)c3F)CC2)c(Cl)c1)c1cc2ccccc2o1. The molecule has 2 N–H and O–H groups in total. The lowest BCUT2D eigenvalue weighted by Gasteiger charge is -2.38. The number of halogens is 6. The lowest BCUT2D eigenvalue weighted by Crippen LogP contribution is -2.47. The van der Waals surface area contributed by atoms with Gasteiger partial charge in [0.2, 0.25) is 5.82 Å². The monoisotopic (exact) mass is 580 g/mol. The van der Waals surface area contributed by atoms with Crippen molar-refractivity contribution in [3.05, 3.63) is 88.4 Å². The van der Waals surface area contributed by atoms with Crippen molar-refractivity contribution < 1.29 is 31.2 Å². The molecule has 6 nitrogen and oxygen atoms in total. The first-order chi connectivity index (χ1) is 18.6. The number of hydrogen-bond donors (Lipinski definition) is 2. The van der Waals surface area contributed by atoms with E-state index in [9.17, 15) is 26.7 Å². The first-order valence-electron chi connectivity index (χ1n) is 11.6. The highest BCUT2D eigenvalue weighted by atomic mass is 35.5. The van der Waals surface area contributed by atoms with Gasteiger partial charge in [0, 0.05) is 37.3 Å². The predicted molar refractivity (Wildman–Crippen MR) is 142 cm³/mol. The molecule has 13 heteroatoms. The molecular weight excluding hydrogens is 563 g/mol. The molecule has 0 unspecified atom stereocenters. The number of nitrogens with zero attached hydrogens (tertiary/aromatic N) is 2. The minimum Gasteiger partial charge on any atom is -0.451 e. The van der Waals surface area contributed by atoms with Crippen LogP contribution in [0, 0.1) is 29.1 Å². The van der Waals surface area contributed by atoms with E-state index in [-0.39, 0.29) is 37.1 Å². The van der Waals surface area contributed by atoms with Gasteiger partial charge in [-0.25, -0.2) is 22.0 Å². The van der Waals surface area contributed by atoms with Crippen LogP contribution in [0.15, 0.2) is 52.9 Å². The zero-order valence-electron chi connectivity index (χ0n) is 19.8. The standard InChI is InChI=1S/C26H18ClF5N4O2S/c27-15-12-14(33-26(39)34-25(37)18-11-13-3-1-2-4-17(13)38-18)5-6-16(15)35-7-9-36(10-8-35)24-22(31)20(29)19(28)21(30)23(24)32/h1-6,11-12H,7-10H2,(H2,33,34,37,39). The number of para-hydroxylation sites is 1. The van der Waals surface area contributed by atoms with Gasteiger partial charge in [0.05, 0.1) is 10.7 Å². The number of amides is 1. The molecule has 1 aromatic heterocycles. The van der Waals surface area contributed by atoms with Crippen molar-refractivity contribution in [1.82, 2.24) is 5.32 Å². The summed E-state index contributed by atoms with van der Waals surface area (Å²) in [6.45, 7) is 0.398. The molecule has 2 heterocycles. The minimum absolute atomic E-state index is 0.00735. The fraction of sp³-hybridized carbons (Fsp3) is 0.154. The Morgan fingerprint density at radius 1 is 0.846 bits per heavy atom. The minimum atomic E-state index is -2.19. The number of anilines is 3. The van der Waals surface area contributed by atoms with Crippen molar-refractivity contribution in [3.8, 4) is 0 Å². The third-order valence-electron chi connectivity index (χ3n) is 6.21. The fourth-order valence-electron chi connectivity index (χ4n) is 4.30. The smallest absolute Gasteiger partial charge is 0.293 e. The van der Waals surface area contributed by atoms with E-state index in [0.717, 1.165) is 10.3 Å². The second-order valence-corrected chi connectivity index (χ2v) is 9.43. The topological polar surface area (TPSA) is 60.8 Å². The van der Waals surface area contributed by atoms with Crippen molar-refractivity contribution in [1.29, 1.82) is 0 Å². The molecule has 5 rings (SSSR count). The molecule has 0 bridgehead atoms. The second-order valence-electron chi connectivity index (χ2n) is 8.62. The molecule has 39 heavy (non-hydrogen) atoms. The van der Waals surface area contributed by atoms with Gasteiger partial charge in [0.15, 0.2) is 34.1 Å². The van der Waals surface area contributed by atoms with E-state index in [1.165, 1.54) is 0 Å². The summed E-state index contributed by atoms with van der Waals surface area (Å²) in [6.07, 6.45) is 0. The molecule has 0 spiro atoms. The van der Waals surface area contributed by atoms with Gasteiger partial charge in [0.25, 0.3) is 5.91 Å². The van der Waals surface area contributed by atoms with Gasteiger partial charge in [-0.2, -0.15) is 0 Å². The Balaban J connectivity index is 1.21. The molecule has 3 aromatic carbocycles. The molecular formula is C26H18ClF5N4O2S. The molecule has 0 atom stereocenters.